The molecule has 5 nitrogen and oxygen atoms in total. The van der Waals surface area contributed by atoms with Gasteiger partial charge in [-0.3, -0.25) is 4.79 Å². The van der Waals surface area contributed by atoms with Gasteiger partial charge in [-0.1, -0.05) is 41.4 Å². The summed E-state index contributed by atoms with van der Waals surface area (Å²) < 4.78 is 27.3. The van der Waals surface area contributed by atoms with Crippen molar-refractivity contribution < 1.29 is 13.2 Å². The van der Waals surface area contributed by atoms with Crippen LogP contribution in [0.15, 0.2) is 42.5 Å². The standard InChI is InChI=1S/C19H20Cl2N2O3S/c20-17-8-7-15(11-18(17)21)13-27(25,26)22-12-14-4-3-5-16(10-14)23-9-2-1-6-19(23)24/h3-5,7-8,10-11,22H,1-2,6,9,12-13H2. The SMILES string of the molecule is O=C1CCCCN1c1cccc(CNS(=O)(=O)Cc2ccc(Cl)c(Cl)c2)c1. The van der Waals surface area contributed by atoms with Crippen LogP contribution in [0.5, 0.6) is 0 Å². The number of benzene rings is 2. The number of carbonyl (C=O) groups is 1. The van der Waals surface area contributed by atoms with Crippen LogP contribution < -0.4 is 9.62 Å². The van der Waals surface area contributed by atoms with Crippen LogP contribution in [0.3, 0.4) is 0 Å². The summed E-state index contributed by atoms with van der Waals surface area (Å²) >= 11 is 11.8. The first kappa shape index (κ1) is 20.1. The van der Waals surface area contributed by atoms with Crippen molar-refractivity contribution in [3.63, 3.8) is 0 Å². The summed E-state index contributed by atoms with van der Waals surface area (Å²) in [5, 5.41) is 0.707. The van der Waals surface area contributed by atoms with Gasteiger partial charge in [0.15, 0.2) is 0 Å². The first-order valence-electron chi connectivity index (χ1n) is 8.65. The summed E-state index contributed by atoms with van der Waals surface area (Å²) in [6.07, 6.45) is 2.45. The van der Waals surface area contributed by atoms with Gasteiger partial charge in [0.05, 0.1) is 15.8 Å². The summed E-state index contributed by atoms with van der Waals surface area (Å²) in [5.41, 5.74) is 2.16. The number of nitrogens with one attached hydrogen (secondary N) is 1. The lowest BCUT2D eigenvalue weighted by Crippen LogP contribution is -2.35. The van der Waals surface area contributed by atoms with Gasteiger partial charge in [-0.2, -0.15) is 0 Å². The molecule has 0 unspecified atom stereocenters. The Kier molecular flexibility index (Phi) is 6.42. The van der Waals surface area contributed by atoms with Gasteiger partial charge < -0.3 is 4.90 Å². The van der Waals surface area contributed by atoms with E-state index in [4.69, 9.17) is 23.2 Å². The van der Waals surface area contributed by atoms with Crippen molar-refractivity contribution in [1.29, 1.82) is 0 Å². The average Bonchev–Trinajstić information content (AvgIpc) is 2.64. The number of rotatable bonds is 6. The molecule has 8 heteroatoms. The van der Waals surface area contributed by atoms with Crippen molar-refractivity contribution >= 4 is 44.8 Å². The van der Waals surface area contributed by atoms with Crippen molar-refractivity contribution in [3.8, 4) is 0 Å². The van der Waals surface area contributed by atoms with Crippen LogP contribution in [-0.2, 0) is 27.1 Å². The lowest BCUT2D eigenvalue weighted by Gasteiger charge is -2.27. The molecule has 1 N–H and O–H groups in total. The minimum atomic E-state index is -3.54. The highest BCUT2D eigenvalue weighted by atomic mass is 35.5. The molecule has 1 saturated heterocycles. The Morgan fingerprint density at radius 1 is 1.00 bits per heavy atom. The van der Waals surface area contributed by atoms with E-state index in [9.17, 15) is 13.2 Å². The van der Waals surface area contributed by atoms with Crippen LogP contribution in [-0.4, -0.2) is 20.9 Å². The molecule has 0 saturated carbocycles. The second-order valence-electron chi connectivity index (χ2n) is 6.50. The highest BCUT2D eigenvalue weighted by molar-refractivity contribution is 7.88. The van der Waals surface area contributed by atoms with Crippen molar-refractivity contribution in [2.45, 2.75) is 31.6 Å². The molecule has 0 atom stereocenters. The number of amides is 1. The molecule has 144 valence electrons. The van der Waals surface area contributed by atoms with Crippen molar-refractivity contribution in [2.24, 2.45) is 0 Å². The molecular weight excluding hydrogens is 407 g/mol. The molecule has 2 aromatic rings. The quantitative estimate of drug-likeness (QED) is 0.754. The predicted octanol–water partition coefficient (Wildman–Crippen LogP) is 4.13. The van der Waals surface area contributed by atoms with Crippen LogP contribution in [0.4, 0.5) is 5.69 Å². The van der Waals surface area contributed by atoms with Gasteiger partial charge in [0, 0.05) is 25.2 Å². The highest BCUT2D eigenvalue weighted by Gasteiger charge is 2.20. The molecule has 1 amide bonds. The summed E-state index contributed by atoms with van der Waals surface area (Å²) in [7, 11) is -3.54. The summed E-state index contributed by atoms with van der Waals surface area (Å²) in [4.78, 5) is 13.8. The number of carbonyl (C=O) groups excluding carboxylic acids is 1. The van der Waals surface area contributed by atoms with E-state index in [1.165, 1.54) is 0 Å². The van der Waals surface area contributed by atoms with Crippen molar-refractivity contribution in [3.05, 3.63) is 63.6 Å². The molecule has 0 spiro atoms. The topological polar surface area (TPSA) is 66.5 Å². The fourth-order valence-corrected chi connectivity index (χ4v) is 4.43. The van der Waals surface area contributed by atoms with Crippen LogP contribution >= 0.6 is 23.2 Å². The summed E-state index contributed by atoms with van der Waals surface area (Å²) in [5.74, 6) is -0.0765. The first-order valence-corrected chi connectivity index (χ1v) is 11.1. The molecule has 27 heavy (non-hydrogen) atoms. The van der Waals surface area contributed by atoms with Gasteiger partial charge in [-0.15, -0.1) is 0 Å². The van der Waals surface area contributed by atoms with Gasteiger partial charge >= 0.3 is 0 Å². The zero-order chi connectivity index (χ0) is 19.4. The molecule has 1 aliphatic heterocycles. The molecule has 3 rings (SSSR count). The lowest BCUT2D eigenvalue weighted by molar-refractivity contribution is -0.119. The Hall–Kier alpha value is -1.60. The maximum atomic E-state index is 12.4. The molecule has 0 radical (unpaired) electrons. The van der Waals surface area contributed by atoms with Gasteiger partial charge in [-0.25, -0.2) is 13.1 Å². The second-order valence-corrected chi connectivity index (χ2v) is 9.12. The van der Waals surface area contributed by atoms with E-state index in [1.54, 1.807) is 23.1 Å². The Labute approximate surface area is 169 Å². The Balaban J connectivity index is 1.65. The average molecular weight is 427 g/mol. The smallest absolute Gasteiger partial charge is 0.226 e. The number of nitrogens with zero attached hydrogens (tertiary/aromatic N) is 1. The number of anilines is 1. The van der Waals surface area contributed by atoms with Crippen LogP contribution in [0.25, 0.3) is 0 Å². The van der Waals surface area contributed by atoms with Gasteiger partial charge in [0.1, 0.15) is 0 Å². The summed E-state index contributed by atoms with van der Waals surface area (Å²) in [6.45, 7) is 0.852. The van der Waals surface area contributed by atoms with Gasteiger partial charge in [-0.05, 0) is 48.2 Å². The molecule has 2 aromatic carbocycles. The minimum Gasteiger partial charge on any atom is -0.312 e. The molecule has 1 heterocycles. The van der Waals surface area contributed by atoms with E-state index >= 15 is 0 Å². The number of halogens is 2. The largest absolute Gasteiger partial charge is 0.312 e. The zero-order valence-corrected chi connectivity index (χ0v) is 16.9. The normalized spacial score (nSPS) is 15.2. The third-order valence-corrected chi connectivity index (χ3v) is 6.42. The predicted molar refractivity (Wildman–Crippen MR) is 109 cm³/mol. The van der Waals surface area contributed by atoms with E-state index in [-0.39, 0.29) is 18.2 Å². The van der Waals surface area contributed by atoms with Gasteiger partial charge in [0.2, 0.25) is 15.9 Å². The van der Waals surface area contributed by atoms with E-state index in [0.29, 0.717) is 28.6 Å². The Bertz CT molecular complexity index is 948. The maximum absolute atomic E-state index is 12.4. The van der Waals surface area contributed by atoms with Crippen LogP contribution in [0.1, 0.15) is 30.4 Å². The van der Waals surface area contributed by atoms with E-state index < -0.39 is 10.0 Å². The van der Waals surface area contributed by atoms with E-state index in [2.05, 4.69) is 4.72 Å². The molecule has 1 fully saturated rings. The Morgan fingerprint density at radius 3 is 2.56 bits per heavy atom. The number of hydrogen-bond donors (Lipinski definition) is 1. The number of hydrogen-bond acceptors (Lipinski definition) is 3. The summed E-state index contributed by atoms with van der Waals surface area (Å²) in [6, 6.07) is 12.1. The third kappa shape index (κ3) is 5.45. The first-order chi connectivity index (χ1) is 12.8. The van der Waals surface area contributed by atoms with Crippen LogP contribution in [0, 0.1) is 0 Å². The fraction of sp³-hybridized carbons (Fsp3) is 0.316. The zero-order valence-electron chi connectivity index (χ0n) is 14.6. The maximum Gasteiger partial charge on any atom is 0.226 e. The van der Waals surface area contributed by atoms with Gasteiger partial charge in [0.25, 0.3) is 0 Å². The second kappa shape index (κ2) is 8.61. The van der Waals surface area contributed by atoms with Crippen molar-refractivity contribution in [2.75, 3.05) is 11.4 Å². The molecule has 1 aliphatic rings. The highest BCUT2D eigenvalue weighted by Crippen LogP contribution is 2.24. The minimum absolute atomic E-state index is 0.110. The molecule has 0 aromatic heterocycles. The lowest BCUT2D eigenvalue weighted by atomic mass is 10.1. The molecule has 0 aliphatic carbocycles. The molecule has 0 bridgehead atoms. The molecular formula is C19H20Cl2N2O3S. The number of piperidine rings is 1. The monoisotopic (exact) mass is 426 g/mol. The third-order valence-electron chi connectivity index (χ3n) is 4.38. The van der Waals surface area contributed by atoms with E-state index in [1.807, 2.05) is 24.3 Å². The fourth-order valence-electron chi connectivity index (χ4n) is 3.01. The Morgan fingerprint density at radius 2 is 1.81 bits per heavy atom. The van der Waals surface area contributed by atoms with E-state index in [0.717, 1.165) is 24.1 Å². The van der Waals surface area contributed by atoms with Crippen molar-refractivity contribution in [1.82, 2.24) is 4.72 Å². The van der Waals surface area contributed by atoms with Crippen LogP contribution in [0.2, 0.25) is 10.0 Å². The number of sulfonamides is 1.